The first kappa shape index (κ1) is 13.8. The lowest BCUT2D eigenvalue weighted by atomic mass is 10.1. The summed E-state index contributed by atoms with van der Waals surface area (Å²) in [5.41, 5.74) is 7.02. The monoisotopic (exact) mass is 274 g/mol. The van der Waals surface area contributed by atoms with E-state index in [9.17, 15) is 4.79 Å². The zero-order chi connectivity index (χ0) is 13.7. The van der Waals surface area contributed by atoms with Gasteiger partial charge in [0.2, 0.25) is 5.91 Å². The molecule has 0 aliphatic heterocycles. The highest BCUT2D eigenvalue weighted by molar-refractivity contribution is 7.10. The van der Waals surface area contributed by atoms with E-state index in [-0.39, 0.29) is 11.9 Å². The zero-order valence-corrected chi connectivity index (χ0v) is 11.7. The van der Waals surface area contributed by atoms with Crippen molar-refractivity contribution in [3.05, 3.63) is 58.3 Å². The molecule has 0 spiro atoms. The first-order valence-electron chi connectivity index (χ1n) is 6.30. The summed E-state index contributed by atoms with van der Waals surface area (Å²) < 4.78 is 0. The minimum absolute atomic E-state index is 0.00863. The summed E-state index contributed by atoms with van der Waals surface area (Å²) in [4.78, 5) is 13.2. The molecule has 3 N–H and O–H groups in total. The van der Waals surface area contributed by atoms with Gasteiger partial charge in [-0.1, -0.05) is 36.4 Å². The zero-order valence-electron chi connectivity index (χ0n) is 10.9. The third kappa shape index (κ3) is 3.91. The van der Waals surface area contributed by atoms with E-state index in [4.69, 9.17) is 5.73 Å². The van der Waals surface area contributed by atoms with E-state index in [1.54, 1.807) is 11.3 Å². The van der Waals surface area contributed by atoms with Crippen molar-refractivity contribution in [1.29, 1.82) is 0 Å². The molecular weight excluding hydrogens is 256 g/mol. The third-order valence-corrected chi connectivity index (χ3v) is 4.02. The molecule has 4 heteroatoms. The van der Waals surface area contributed by atoms with Crippen molar-refractivity contribution in [2.45, 2.75) is 25.4 Å². The number of carbonyl (C=O) groups is 1. The Kier molecular flexibility index (Phi) is 4.71. The number of nitrogens with one attached hydrogen (secondary N) is 1. The predicted molar refractivity (Wildman–Crippen MR) is 79.0 cm³/mol. The van der Waals surface area contributed by atoms with Gasteiger partial charge in [-0.05, 0) is 30.4 Å². The SMILES string of the molecule is C[C@@H](NC(=O)[C@@H](N)Cc1ccccc1)c1cccs1. The first-order chi connectivity index (χ1) is 9.16. The van der Waals surface area contributed by atoms with Crippen molar-refractivity contribution < 1.29 is 4.79 Å². The van der Waals surface area contributed by atoms with Gasteiger partial charge in [0, 0.05) is 4.88 Å². The van der Waals surface area contributed by atoms with Crippen LogP contribution in [0.15, 0.2) is 47.8 Å². The van der Waals surface area contributed by atoms with Crippen LogP contribution in [0, 0.1) is 0 Å². The first-order valence-corrected chi connectivity index (χ1v) is 7.18. The van der Waals surface area contributed by atoms with Crippen LogP contribution in [-0.2, 0) is 11.2 Å². The number of rotatable bonds is 5. The number of thiophene rings is 1. The van der Waals surface area contributed by atoms with Gasteiger partial charge in [-0.3, -0.25) is 4.79 Å². The van der Waals surface area contributed by atoms with Gasteiger partial charge in [0.25, 0.3) is 0 Å². The molecule has 0 saturated carbocycles. The van der Waals surface area contributed by atoms with Gasteiger partial charge in [0.05, 0.1) is 12.1 Å². The summed E-state index contributed by atoms with van der Waals surface area (Å²) in [6.45, 7) is 1.97. The minimum atomic E-state index is -0.509. The second kappa shape index (κ2) is 6.50. The molecule has 0 aliphatic carbocycles. The van der Waals surface area contributed by atoms with Crippen LogP contribution in [0.1, 0.15) is 23.4 Å². The van der Waals surface area contributed by atoms with Crippen LogP contribution in [0.2, 0.25) is 0 Å². The maximum atomic E-state index is 12.0. The Hall–Kier alpha value is -1.65. The number of hydrogen-bond acceptors (Lipinski definition) is 3. The largest absolute Gasteiger partial charge is 0.347 e. The van der Waals surface area contributed by atoms with Crippen LogP contribution in [0.3, 0.4) is 0 Å². The average Bonchev–Trinajstić information content (AvgIpc) is 2.93. The molecular formula is C15H18N2OS. The van der Waals surface area contributed by atoms with Crippen molar-refractivity contribution in [2.24, 2.45) is 5.73 Å². The molecule has 2 rings (SSSR count). The number of amides is 1. The van der Waals surface area contributed by atoms with E-state index in [1.807, 2.05) is 54.8 Å². The van der Waals surface area contributed by atoms with Gasteiger partial charge in [-0.2, -0.15) is 0 Å². The number of benzene rings is 1. The summed E-state index contributed by atoms with van der Waals surface area (Å²) in [5.74, 6) is -0.107. The molecule has 0 fully saturated rings. The average molecular weight is 274 g/mol. The van der Waals surface area contributed by atoms with Crippen molar-refractivity contribution >= 4 is 17.2 Å². The van der Waals surface area contributed by atoms with Crippen molar-refractivity contribution in [2.75, 3.05) is 0 Å². The molecule has 0 unspecified atom stereocenters. The van der Waals surface area contributed by atoms with Crippen LogP contribution >= 0.6 is 11.3 Å². The highest BCUT2D eigenvalue weighted by Crippen LogP contribution is 2.18. The molecule has 100 valence electrons. The Morgan fingerprint density at radius 1 is 1.26 bits per heavy atom. The van der Waals surface area contributed by atoms with Crippen LogP contribution in [0.25, 0.3) is 0 Å². The molecule has 19 heavy (non-hydrogen) atoms. The van der Waals surface area contributed by atoms with Crippen molar-refractivity contribution in [3.8, 4) is 0 Å². The number of carbonyl (C=O) groups excluding carboxylic acids is 1. The fourth-order valence-corrected chi connectivity index (χ4v) is 2.62. The standard InChI is InChI=1S/C15H18N2OS/c1-11(14-8-5-9-19-14)17-15(18)13(16)10-12-6-3-2-4-7-12/h2-9,11,13H,10,16H2,1H3,(H,17,18)/t11-,13+/m1/s1. The van der Waals surface area contributed by atoms with E-state index in [0.29, 0.717) is 6.42 Å². The van der Waals surface area contributed by atoms with E-state index in [1.165, 1.54) is 0 Å². The molecule has 3 nitrogen and oxygen atoms in total. The second-order valence-electron chi connectivity index (χ2n) is 4.54. The van der Waals surface area contributed by atoms with Gasteiger partial charge in [0.1, 0.15) is 0 Å². The fraction of sp³-hybridized carbons (Fsp3) is 0.267. The van der Waals surface area contributed by atoms with E-state index < -0.39 is 6.04 Å². The lowest BCUT2D eigenvalue weighted by Crippen LogP contribution is -2.42. The summed E-state index contributed by atoms with van der Waals surface area (Å²) >= 11 is 1.63. The molecule has 1 aromatic carbocycles. The number of hydrogen-bond donors (Lipinski definition) is 2. The lowest BCUT2D eigenvalue weighted by molar-refractivity contribution is -0.122. The van der Waals surface area contributed by atoms with Gasteiger partial charge in [-0.15, -0.1) is 11.3 Å². The van der Waals surface area contributed by atoms with Gasteiger partial charge in [-0.25, -0.2) is 0 Å². The fourth-order valence-electron chi connectivity index (χ4n) is 1.89. The molecule has 0 bridgehead atoms. The smallest absolute Gasteiger partial charge is 0.237 e. The summed E-state index contributed by atoms with van der Waals surface area (Å²) in [6.07, 6.45) is 0.559. The number of nitrogens with two attached hydrogens (primary N) is 1. The second-order valence-corrected chi connectivity index (χ2v) is 5.52. The van der Waals surface area contributed by atoms with Crippen molar-refractivity contribution in [1.82, 2.24) is 5.32 Å². The van der Waals surface area contributed by atoms with Crippen LogP contribution in [0.4, 0.5) is 0 Å². The molecule has 0 saturated heterocycles. The predicted octanol–water partition coefficient (Wildman–Crippen LogP) is 2.50. The van der Waals surface area contributed by atoms with Crippen molar-refractivity contribution in [3.63, 3.8) is 0 Å². The molecule has 1 amide bonds. The van der Waals surface area contributed by atoms with Crippen LogP contribution in [-0.4, -0.2) is 11.9 Å². The topological polar surface area (TPSA) is 55.1 Å². The summed E-state index contributed by atoms with van der Waals surface area (Å²) in [6, 6.07) is 13.3. The molecule has 1 aromatic heterocycles. The Bertz CT molecular complexity index is 510. The maximum absolute atomic E-state index is 12.0. The summed E-state index contributed by atoms with van der Waals surface area (Å²) in [7, 11) is 0. The normalized spacial score (nSPS) is 13.8. The molecule has 0 aliphatic rings. The van der Waals surface area contributed by atoms with E-state index >= 15 is 0 Å². The Balaban J connectivity index is 1.89. The quantitative estimate of drug-likeness (QED) is 0.880. The highest BCUT2D eigenvalue weighted by Gasteiger charge is 2.17. The molecule has 0 radical (unpaired) electrons. The molecule has 1 heterocycles. The maximum Gasteiger partial charge on any atom is 0.237 e. The van der Waals surface area contributed by atoms with E-state index in [0.717, 1.165) is 10.4 Å². The lowest BCUT2D eigenvalue weighted by Gasteiger charge is -2.16. The van der Waals surface area contributed by atoms with E-state index in [2.05, 4.69) is 5.32 Å². The highest BCUT2D eigenvalue weighted by atomic mass is 32.1. The summed E-state index contributed by atoms with van der Waals surface area (Å²) in [5, 5.41) is 4.95. The Labute approximate surface area is 117 Å². The van der Waals surface area contributed by atoms with Gasteiger partial charge in [0.15, 0.2) is 0 Å². The van der Waals surface area contributed by atoms with Gasteiger partial charge < -0.3 is 11.1 Å². The van der Waals surface area contributed by atoms with Crippen LogP contribution < -0.4 is 11.1 Å². The van der Waals surface area contributed by atoms with Gasteiger partial charge >= 0.3 is 0 Å². The van der Waals surface area contributed by atoms with Crippen LogP contribution in [0.5, 0.6) is 0 Å². The minimum Gasteiger partial charge on any atom is -0.347 e. The Morgan fingerprint density at radius 3 is 2.63 bits per heavy atom. The Morgan fingerprint density at radius 2 is 2.00 bits per heavy atom. The molecule has 2 atom stereocenters. The molecule has 2 aromatic rings. The third-order valence-electron chi connectivity index (χ3n) is 2.96.